The number of nitrogens with zero attached hydrogens (tertiary/aromatic N) is 1. The van der Waals surface area contributed by atoms with Crippen LogP contribution in [0, 0.1) is 5.41 Å². The molecule has 0 aliphatic heterocycles. The van der Waals surface area contributed by atoms with Gasteiger partial charge in [-0.2, -0.15) is 0 Å². The molecule has 0 amide bonds. The predicted molar refractivity (Wildman–Crippen MR) is 80.2 cm³/mol. The number of rotatable bonds is 6. The zero-order chi connectivity index (χ0) is 14.0. The highest BCUT2D eigenvalue weighted by Gasteiger charge is 2.41. The Morgan fingerprint density at radius 3 is 2.85 bits per heavy atom. The molecule has 0 spiro atoms. The fourth-order valence-corrected chi connectivity index (χ4v) is 2.70. The molecule has 4 nitrogen and oxygen atoms in total. The Morgan fingerprint density at radius 1 is 1.30 bits per heavy atom. The number of anilines is 1. The average Bonchev–Trinajstić information content (AvgIpc) is 3.25. The van der Waals surface area contributed by atoms with Crippen LogP contribution in [0.5, 0.6) is 5.75 Å². The summed E-state index contributed by atoms with van der Waals surface area (Å²) in [5.74, 6) is 1.76. The fourth-order valence-electron chi connectivity index (χ4n) is 2.70. The van der Waals surface area contributed by atoms with E-state index >= 15 is 0 Å². The van der Waals surface area contributed by atoms with E-state index in [1.807, 2.05) is 18.2 Å². The van der Waals surface area contributed by atoms with Gasteiger partial charge in [-0.1, -0.05) is 12.1 Å². The van der Waals surface area contributed by atoms with E-state index < -0.39 is 0 Å². The lowest BCUT2D eigenvalue weighted by atomic mass is 10.0. The molecule has 20 heavy (non-hydrogen) atoms. The third-order valence-corrected chi connectivity index (χ3v) is 4.22. The Balaban J connectivity index is 1.85. The Bertz CT molecular complexity index is 608. The van der Waals surface area contributed by atoms with Crippen LogP contribution in [0.4, 0.5) is 5.82 Å². The topological polar surface area (TPSA) is 54.4 Å². The van der Waals surface area contributed by atoms with E-state index in [4.69, 9.17) is 9.84 Å². The van der Waals surface area contributed by atoms with Gasteiger partial charge >= 0.3 is 0 Å². The highest BCUT2D eigenvalue weighted by Crippen LogP contribution is 2.48. The summed E-state index contributed by atoms with van der Waals surface area (Å²) in [6.45, 7) is 1.13. The summed E-state index contributed by atoms with van der Waals surface area (Å²) in [6, 6.07) is 7.97. The third-order valence-electron chi connectivity index (χ3n) is 4.22. The van der Waals surface area contributed by atoms with Gasteiger partial charge in [0.15, 0.2) is 0 Å². The second-order valence-corrected chi connectivity index (χ2v) is 5.54. The quantitative estimate of drug-likeness (QED) is 0.849. The third kappa shape index (κ3) is 2.43. The first-order valence-corrected chi connectivity index (χ1v) is 7.04. The van der Waals surface area contributed by atoms with Gasteiger partial charge in [0.05, 0.1) is 7.11 Å². The molecule has 0 bridgehead atoms. The Hall–Kier alpha value is -1.81. The normalized spacial score (nSPS) is 16.1. The van der Waals surface area contributed by atoms with E-state index in [9.17, 15) is 0 Å². The van der Waals surface area contributed by atoms with Crippen molar-refractivity contribution in [3.63, 3.8) is 0 Å². The summed E-state index contributed by atoms with van der Waals surface area (Å²) in [5.41, 5.74) is 0.275. The summed E-state index contributed by atoms with van der Waals surface area (Å²) in [5, 5.41) is 14.7. The zero-order valence-corrected chi connectivity index (χ0v) is 11.7. The number of nitrogens with one attached hydrogen (secondary N) is 1. The molecule has 1 aromatic heterocycles. The van der Waals surface area contributed by atoms with Gasteiger partial charge in [0.25, 0.3) is 0 Å². The van der Waals surface area contributed by atoms with Gasteiger partial charge in [0, 0.05) is 30.1 Å². The number of benzene rings is 1. The molecule has 1 saturated carbocycles. The Morgan fingerprint density at radius 2 is 2.15 bits per heavy atom. The molecule has 1 heterocycles. The van der Waals surface area contributed by atoms with Crippen LogP contribution in [0.3, 0.4) is 0 Å². The van der Waals surface area contributed by atoms with Gasteiger partial charge in [-0.05, 0) is 36.8 Å². The molecule has 0 saturated heterocycles. The molecule has 2 aromatic rings. The number of aliphatic hydroxyl groups is 1. The molecule has 3 rings (SSSR count). The van der Waals surface area contributed by atoms with E-state index in [-0.39, 0.29) is 12.0 Å². The lowest BCUT2D eigenvalue weighted by molar-refractivity contribution is 0.253. The van der Waals surface area contributed by atoms with Crippen LogP contribution >= 0.6 is 0 Å². The number of pyridine rings is 1. The SMILES string of the molecule is COc1cccc2c(NCC3(CCO)CC3)nccc12. The molecule has 1 aromatic carbocycles. The molecule has 0 radical (unpaired) electrons. The lowest BCUT2D eigenvalue weighted by Gasteiger charge is -2.16. The van der Waals surface area contributed by atoms with Crippen LogP contribution in [0.25, 0.3) is 10.8 Å². The number of fused-ring (bicyclic) bond motifs is 1. The second kappa shape index (κ2) is 5.29. The van der Waals surface area contributed by atoms with Crippen molar-refractivity contribution in [2.75, 3.05) is 25.6 Å². The van der Waals surface area contributed by atoms with Crippen molar-refractivity contribution in [1.82, 2.24) is 4.98 Å². The first-order valence-electron chi connectivity index (χ1n) is 7.04. The van der Waals surface area contributed by atoms with Gasteiger partial charge in [0.2, 0.25) is 0 Å². The highest BCUT2D eigenvalue weighted by atomic mass is 16.5. The fraction of sp³-hybridized carbons (Fsp3) is 0.438. The van der Waals surface area contributed by atoms with Gasteiger partial charge in [-0.3, -0.25) is 0 Å². The van der Waals surface area contributed by atoms with E-state index in [1.165, 1.54) is 12.8 Å². The van der Waals surface area contributed by atoms with Crippen molar-refractivity contribution in [3.05, 3.63) is 30.5 Å². The number of aliphatic hydroxyl groups excluding tert-OH is 1. The van der Waals surface area contributed by atoms with Gasteiger partial charge in [-0.25, -0.2) is 4.98 Å². The van der Waals surface area contributed by atoms with Crippen LogP contribution in [-0.4, -0.2) is 30.4 Å². The summed E-state index contributed by atoms with van der Waals surface area (Å²) in [6.07, 6.45) is 5.05. The van der Waals surface area contributed by atoms with Crippen molar-refractivity contribution in [2.45, 2.75) is 19.3 Å². The van der Waals surface area contributed by atoms with Crippen LogP contribution in [0.1, 0.15) is 19.3 Å². The maximum atomic E-state index is 9.12. The standard InChI is InChI=1S/C16H20N2O2/c1-20-14-4-2-3-13-12(14)5-9-17-15(13)18-11-16(6-7-16)8-10-19/h2-5,9,19H,6-8,10-11H2,1H3,(H,17,18). The molecular formula is C16H20N2O2. The lowest BCUT2D eigenvalue weighted by Crippen LogP contribution is -2.17. The minimum Gasteiger partial charge on any atom is -0.496 e. The molecule has 1 aliphatic rings. The van der Waals surface area contributed by atoms with Crippen LogP contribution in [0.15, 0.2) is 30.5 Å². The summed E-state index contributed by atoms with van der Waals surface area (Å²) < 4.78 is 5.39. The molecule has 4 heteroatoms. The average molecular weight is 272 g/mol. The largest absolute Gasteiger partial charge is 0.496 e. The molecule has 0 unspecified atom stereocenters. The summed E-state index contributed by atoms with van der Waals surface area (Å²) in [7, 11) is 1.68. The van der Waals surface area contributed by atoms with Crippen LogP contribution in [0.2, 0.25) is 0 Å². The van der Waals surface area contributed by atoms with Gasteiger partial charge in [-0.15, -0.1) is 0 Å². The molecule has 1 fully saturated rings. The number of aromatic nitrogens is 1. The van der Waals surface area contributed by atoms with E-state index in [0.29, 0.717) is 0 Å². The second-order valence-electron chi connectivity index (χ2n) is 5.54. The molecule has 2 N–H and O–H groups in total. The van der Waals surface area contributed by atoms with Crippen LogP contribution in [-0.2, 0) is 0 Å². The van der Waals surface area contributed by atoms with Crippen molar-refractivity contribution < 1.29 is 9.84 Å². The van der Waals surface area contributed by atoms with E-state index in [0.717, 1.165) is 35.3 Å². The molecule has 0 atom stereocenters. The number of ether oxygens (including phenoxy) is 1. The molecular weight excluding hydrogens is 252 g/mol. The van der Waals surface area contributed by atoms with E-state index in [2.05, 4.69) is 16.4 Å². The number of hydrogen-bond donors (Lipinski definition) is 2. The van der Waals surface area contributed by atoms with E-state index in [1.54, 1.807) is 13.3 Å². The minimum absolute atomic E-state index is 0.262. The zero-order valence-electron chi connectivity index (χ0n) is 11.7. The number of hydrogen-bond acceptors (Lipinski definition) is 4. The Labute approximate surface area is 118 Å². The summed E-state index contributed by atoms with van der Waals surface area (Å²) in [4.78, 5) is 4.44. The first-order chi connectivity index (χ1) is 9.78. The monoisotopic (exact) mass is 272 g/mol. The minimum atomic E-state index is 0.262. The van der Waals surface area contributed by atoms with Gasteiger partial charge < -0.3 is 15.2 Å². The molecule has 1 aliphatic carbocycles. The maximum Gasteiger partial charge on any atom is 0.133 e. The summed E-state index contributed by atoms with van der Waals surface area (Å²) >= 11 is 0. The van der Waals surface area contributed by atoms with Crippen molar-refractivity contribution in [2.24, 2.45) is 5.41 Å². The highest BCUT2D eigenvalue weighted by molar-refractivity contribution is 5.95. The van der Waals surface area contributed by atoms with Crippen molar-refractivity contribution in [1.29, 1.82) is 0 Å². The van der Waals surface area contributed by atoms with Crippen LogP contribution < -0.4 is 10.1 Å². The van der Waals surface area contributed by atoms with Crippen molar-refractivity contribution >= 4 is 16.6 Å². The van der Waals surface area contributed by atoms with Crippen molar-refractivity contribution in [3.8, 4) is 5.75 Å². The molecule has 106 valence electrons. The smallest absolute Gasteiger partial charge is 0.133 e. The maximum absolute atomic E-state index is 9.12. The Kier molecular flexibility index (Phi) is 3.49. The predicted octanol–water partition coefficient (Wildman–Crippen LogP) is 2.82. The number of methoxy groups -OCH3 is 1. The first kappa shape index (κ1) is 13.2. The van der Waals surface area contributed by atoms with Gasteiger partial charge in [0.1, 0.15) is 11.6 Å².